The second kappa shape index (κ2) is 11.3. The van der Waals surface area contributed by atoms with E-state index < -0.39 is 10.0 Å². The Morgan fingerprint density at radius 3 is 2.08 bits per heavy atom. The Morgan fingerprint density at radius 1 is 0.763 bits per heavy atom. The van der Waals surface area contributed by atoms with Crippen molar-refractivity contribution in [3.8, 4) is 0 Å². The molecular weight excluding hydrogens is 518 g/mol. The zero-order valence-corrected chi connectivity index (χ0v) is 22.4. The van der Waals surface area contributed by atoms with Crippen LogP contribution in [0.5, 0.6) is 0 Å². The van der Waals surface area contributed by atoms with Gasteiger partial charge in [-0.3, -0.25) is 9.10 Å². The fourth-order valence-corrected chi connectivity index (χ4v) is 6.33. The summed E-state index contributed by atoms with van der Waals surface area (Å²) in [6.45, 7) is 2.45. The molecule has 0 aromatic heterocycles. The summed E-state index contributed by atoms with van der Waals surface area (Å²) in [6.07, 6.45) is 0. The molecule has 0 aliphatic carbocycles. The van der Waals surface area contributed by atoms with Gasteiger partial charge in [0, 0.05) is 36.9 Å². The number of carbonyl (C=O) groups is 1. The molecule has 6 nitrogen and oxygen atoms in total. The first-order chi connectivity index (χ1) is 18.4. The fourth-order valence-electron chi connectivity index (χ4n) is 4.65. The Morgan fingerprint density at radius 2 is 1.39 bits per heavy atom. The molecule has 4 aromatic rings. The van der Waals surface area contributed by atoms with Crippen molar-refractivity contribution in [3.05, 3.63) is 125 Å². The molecule has 1 amide bonds. The van der Waals surface area contributed by atoms with Gasteiger partial charge in [0.15, 0.2) is 0 Å². The first-order valence-corrected chi connectivity index (χ1v) is 14.3. The molecule has 1 aliphatic rings. The summed E-state index contributed by atoms with van der Waals surface area (Å²) in [5.41, 5.74) is 2.57. The van der Waals surface area contributed by atoms with Crippen LogP contribution in [0.15, 0.2) is 114 Å². The molecule has 1 fully saturated rings. The van der Waals surface area contributed by atoms with E-state index in [1.165, 1.54) is 4.31 Å². The van der Waals surface area contributed by atoms with Gasteiger partial charge in [-0.25, -0.2) is 8.42 Å². The molecule has 0 atom stereocenters. The predicted octanol–water partition coefficient (Wildman–Crippen LogP) is 5.70. The third kappa shape index (κ3) is 5.54. The molecule has 0 N–H and O–H groups in total. The molecule has 0 saturated carbocycles. The number of anilines is 2. The Kier molecular flexibility index (Phi) is 7.67. The maximum Gasteiger partial charge on any atom is 0.264 e. The zero-order valence-electron chi connectivity index (χ0n) is 20.8. The number of para-hydroxylation sites is 1. The minimum Gasteiger partial charge on any atom is -0.368 e. The second-order valence-electron chi connectivity index (χ2n) is 9.09. The van der Waals surface area contributed by atoms with Gasteiger partial charge < -0.3 is 9.80 Å². The third-order valence-electron chi connectivity index (χ3n) is 6.64. The van der Waals surface area contributed by atoms with E-state index in [2.05, 4.69) is 4.90 Å². The summed E-state index contributed by atoms with van der Waals surface area (Å²) in [6, 6.07) is 32.4. The van der Waals surface area contributed by atoms with Gasteiger partial charge in [0.25, 0.3) is 15.9 Å². The summed E-state index contributed by atoms with van der Waals surface area (Å²) >= 11 is 6.16. The van der Waals surface area contributed by atoms with Crippen LogP contribution in [-0.4, -0.2) is 45.4 Å². The van der Waals surface area contributed by atoms with Crippen molar-refractivity contribution < 1.29 is 13.2 Å². The maximum absolute atomic E-state index is 13.9. The predicted molar refractivity (Wildman–Crippen MR) is 152 cm³/mol. The lowest BCUT2D eigenvalue weighted by Gasteiger charge is -2.37. The molecule has 38 heavy (non-hydrogen) atoms. The normalized spacial score (nSPS) is 13.8. The smallest absolute Gasteiger partial charge is 0.264 e. The summed E-state index contributed by atoms with van der Waals surface area (Å²) in [5, 5.41) is 0.674. The van der Waals surface area contributed by atoms with Crippen LogP contribution < -0.4 is 9.21 Å². The summed E-state index contributed by atoms with van der Waals surface area (Å²) in [4.78, 5) is 18.0. The first-order valence-electron chi connectivity index (χ1n) is 12.4. The molecule has 5 rings (SSSR count). The van der Waals surface area contributed by atoms with Crippen molar-refractivity contribution in [2.45, 2.75) is 11.4 Å². The molecule has 0 spiro atoms. The molecule has 194 valence electrons. The number of piperazine rings is 1. The number of benzene rings is 4. The quantitative estimate of drug-likeness (QED) is 0.299. The maximum atomic E-state index is 13.9. The van der Waals surface area contributed by atoms with E-state index in [0.717, 1.165) is 11.3 Å². The van der Waals surface area contributed by atoms with Gasteiger partial charge >= 0.3 is 0 Å². The number of hydrogen-bond acceptors (Lipinski definition) is 4. The van der Waals surface area contributed by atoms with Crippen LogP contribution in [0.2, 0.25) is 5.02 Å². The lowest BCUT2D eigenvalue weighted by atomic mass is 10.1. The van der Waals surface area contributed by atoms with Crippen molar-refractivity contribution in [3.63, 3.8) is 0 Å². The molecular formula is C30H28ClN3O3S. The minimum atomic E-state index is -3.95. The van der Waals surface area contributed by atoms with Crippen molar-refractivity contribution in [1.29, 1.82) is 0 Å². The highest BCUT2D eigenvalue weighted by atomic mass is 35.5. The van der Waals surface area contributed by atoms with Gasteiger partial charge in [0.05, 0.1) is 22.7 Å². The molecule has 0 unspecified atom stereocenters. The van der Waals surface area contributed by atoms with Gasteiger partial charge in [-0.15, -0.1) is 0 Å². The highest BCUT2D eigenvalue weighted by molar-refractivity contribution is 7.92. The number of sulfonamides is 1. The van der Waals surface area contributed by atoms with Crippen LogP contribution in [0, 0.1) is 0 Å². The van der Waals surface area contributed by atoms with E-state index in [9.17, 15) is 13.2 Å². The zero-order chi connectivity index (χ0) is 26.5. The van der Waals surface area contributed by atoms with Gasteiger partial charge in [-0.1, -0.05) is 78.3 Å². The van der Waals surface area contributed by atoms with Crippen molar-refractivity contribution in [2.75, 3.05) is 35.4 Å². The highest BCUT2D eigenvalue weighted by Gasteiger charge is 2.31. The first kappa shape index (κ1) is 25.8. The van der Waals surface area contributed by atoms with Crippen LogP contribution in [0.1, 0.15) is 15.9 Å². The largest absolute Gasteiger partial charge is 0.368 e. The Labute approximate surface area is 228 Å². The monoisotopic (exact) mass is 545 g/mol. The topological polar surface area (TPSA) is 60.9 Å². The van der Waals surface area contributed by atoms with Gasteiger partial charge in [0.2, 0.25) is 0 Å². The Hall–Kier alpha value is -3.81. The number of amides is 1. The summed E-state index contributed by atoms with van der Waals surface area (Å²) in [5.74, 6) is -0.187. The number of hydrogen-bond donors (Lipinski definition) is 0. The average Bonchev–Trinajstić information content (AvgIpc) is 2.96. The lowest BCUT2D eigenvalue weighted by molar-refractivity contribution is 0.0747. The summed E-state index contributed by atoms with van der Waals surface area (Å²) in [7, 11) is -3.95. The molecule has 4 aromatic carbocycles. The average molecular weight is 546 g/mol. The minimum absolute atomic E-state index is 0.102. The standard InChI is InChI=1S/C30H28ClN3O3S/c31-25-12-9-13-26(22-25)32-18-20-33(21-19-32)30(35)28-16-7-8-17-29(28)34(23-24-10-3-1-4-11-24)38(36,37)27-14-5-2-6-15-27/h1-17,22H,18-21,23H2. The van der Waals surface area contributed by atoms with E-state index in [0.29, 0.717) is 42.5 Å². The van der Waals surface area contributed by atoms with Crippen molar-refractivity contribution >= 4 is 38.9 Å². The van der Waals surface area contributed by atoms with Gasteiger partial charge in [0.1, 0.15) is 0 Å². The van der Waals surface area contributed by atoms with Crippen molar-refractivity contribution in [1.82, 2.24) is 4.90 Å². The molecule has 0 radical (unpaired) electrons. The SMILES string of the molecule is O=C(c1ccccc1N(Cc1ccccc1)S(=O)(=O)c1ccccc1)N1CCN(c2cccc(Cl)c2)CC1. The Balaban J connectivity index is 1.45. The van der Waals surface area contributed by atoms with E-state index in [1.807, 2.05) is 54.6 Å². The molecule has 0 bridgehead atoms. The molecule has 1 heterocycles. The van der Waals surface area contributed by atoms with Crippen molar-refractivity contribution in [2.24, 2.45) is 0 Å². The number of carbonyl (C=O) groups excluding carboxylic acids is 1. The van der Waals surface area contributed by atoms with Crippen LogP contribution in [0.25, 0.3) is 0 Å². The molecule has 1 saturated heterocycles. The lowest BCUT2D eigenvalue weighted by Crippen LogP contribution is -2.49. The van der Waals surface area contributed by atoms with E-state index in [1.54, 1.807) is 59.5 Å². The highest BCUT2D eigenvalue weighted by Crippen LogP contribution is 2.30. The van der Waals surface area contributed by atoms with Crippen LogP contribution in [-0.2, 0) is 16.6 Å². The number of rotatable bonds is 7. The van der Waals surface area contributed by atoms with Crippen LogP contribution in [0.4, 0.5) is 11.4 Å². The third-order valence-corrected chi connectivity index (χ3v) is 8.65. The molecule has 1 aliphatic heterocycles. The van der Waals surface area contributed by atoms with E-state index >= 15 is 0 Å². The number of nitrogens with zero attached hydrogens (tertiary/aromatic N) is 3. The second-order valence-corrected chi connectivity index (χ2v) is 11.4. The van der Waals surface area contributed by atoms with E-state index in [4.69, 9.17) is 11.6 Å². The van der Waals surface area contributed by atoms with Gasteiger partial charge in [-0.2, -0.15) is 0 Å². The van der Waals surface area contributed by atoms with E-state index in [-0.39, 0.29) is 17.3 Å². The summed E-state index contributed by atoms with van der Waals surface area (Å²) < 4.78 is 29.1. The Bertz CT molecular complexity index is 1510. The fraction of sp³-hybridized carbons (Fsp3) is 0.167. The molecule has 8 heteroatoms. The number of halogens is 1. The van der Waals surface area contributed by atoms with Crippen LogP contribution >= 0.6 is 11.6 Å². The van der Waals surface area contributed by atoms with Crippen LogP contribution in [0.3, 0.4) is 0 Å². The van der Waals surface area contributed by atoms with Gasteiger partial charge in [-0.05, 0) is 48.0 Å².